The minimum absolute atomic E-state index is 0.0315. The van der Waals surface area contributed by atoms with Crippen LogP contribution in [0, 0.1) is 13.8 Å². The van der Waals surface area contributed by atoms with Crippen LogP contribution in [0.2, 0.25) is 0 Å². The maximum Gasteiger partial charge on any atom is 0.236 e. The quantitative estimate of drug-likeness (QED) is 0.838. The van der Waals surface area contributed by atoms with Crippen LogP contribution in [0.4, 0.5) is 0 Å². The van der Waals surface area contributed by atoms with Crippen molar-refractivity contribution in [2.24, 2.45) is 0 Å². The Labute approximate surface area is 145 Å². The minimum Gasteiger partial charge on any atom is -0.342 e. The Morgan fingerprint density at radius 2 is 2.08 bits per heavy atom. The molecule has 126 valence electrons. The molecule has 0 spiro atoms. The van der Waals surface area contributed by atoms with Crippen molar-refractivity contribution < 1.29 is 9.32 Å². The number of thioether (sulfide) groups is 1. The van der Waals surface area contributed by atoms with E-state index < -0.39 is 0 Å². The fraction of sp³-hybridized carbons (Fsp3) is 0.500. The number of aromatic nitrogens is 2. The van der Waals surface area contributed by atoms with E-state index in [1.165, 1.54) is 16.0 Å². The van der Waals surface area contributed by atoms with E-state index in [9.17, 15) is 4.79 Å². The van der Waals surface area contributed by atoms with Crippen LogP contribution in [0.3, 0.4) is 0 Å². The van der Waals surface area contributed by atoms with Gasteiger partial charge in [-0.1, -0.05) is 22.9 Å². The molecular formula is C18H21N3O2S. The molecule has 0 radical (unpaired) electrons. The fourth-order valence-corrected chi connectivity index (χ4v) is 4.88. The van der Waals surface area contributed by atoms with Gasteiger partial charge in [-0.05, 0) is 44.7 Å². The Balaban J connectivity index is 1.37. The van der Waals surface area contributed by atoms with Crippen molar-refractivity contribution in [1.82, 2.24) is 15.0 Å². The molecule has 2 aliphatic heterocycles. The lowest BCUT2D eigenvalue weighted by molar-refractivity contribution is -0.131. The Morgan fingerprint density at radius 3 is 2.79 bits per heavy atom. The number of rotatable bonds is 2. The summed E-state index contributed by atoms with van der Waals surface area (Å²) in [5, 5.41) is 3.90. The third-order valence-corrected chi connectivity index (χ3v) is 6.16. The number of likely N-dealkylation sites (tertiary alicyclic amines) is 1. The second-order valence-corrected chi connectivity index (χ2v) is 7.95. The molecule has 2 aromatic rings. The van der Waals surface area contributed by atoms with Gasteiger partial charge in [0.05, 0.1) is 5.25 Å². The standard InChI is InChI=1S/C18H21N3O2S/c1-11-3-4-14-10-16(24-15(14)9-11)18(22)21-7-5-13(6-8-21)17-19-12(2)20-23-17/h3-4,9,13,16H,5-8,10H2,1-2H3/t16-/m0/s1. The van der Waals surface area contributed by atoms with Gasteiger partial charge in [-0.3, -0.25) is 4.79 Å². The molecule has 1 atom stereocenters. The van der Waals surface area contributed by atoms with Gasteiger partial charge in [0, 0.05) is 23.9 Å². The average Bonchev–Trinajstić information content (AvgIpc) is 3.20. The summed E-state index contributed by atoms with van der Waals surface area (Å²) >= 11 is 1.72. The van der Waals surface area contributed by atoms with Crippen LogP contribution in [0.1, 0.15) is 41.6 Å². The summed E-state index contributed by atoms with van der Waals surface area (Å²) in [4.78, 5) is 20.5. The van der Waals surface area contributed by atoms with Gasteiger partial charge < -0.3 is 9.42 Å². The molecule has 0 unspecified atom stereocenters. The number of carbonyl (C=O) groups is 1. The Morgan fingerprint density at radius 1 is 1.29 bits per heavy atom. The molecule has 3 heterocycles. The molecule has 2 aliphatic rings. The summed E-state index contributed by atoms with van der Waals surface area (Å²) in [6.45, 7) is 5.48. The smallest absolute Gasteiger partial charge is 0.236 e. The number of aryl methyl sites for hydroxylation is 2. The highest BCUT2D eigenvalue weighted by Gasteiger charge is 2.34. The van der Waals surface area contributed by atoms with Crippen molar-refractivity contribution >= 4 is 17.7 Å². The average molecular weight is 343 g/mol. The van der Waals surface area contributed by atoms with Gasteiger partial charge in [-0.2, -0.15) is 4.98 Å². The Bertz CT molecular complexity index is 765. The number of hydrogen-bond acceptors (Lipinski definition) is 5. The normalized spacial score (nSPS) is 21.1. The lowest BCUT2D eigenvalue weighted by Crippen LogP contribution is -2.42. The summed E-state index contributed by atoms with van der Waals surface area (Å²) in [5.74, 6) is 1.96. The highest BCUT2D eigenvalue weighted by Crippen LogP contribution is 2.39. The van der Waals surface area contributed by atoms with Gasteiger partial charge in [-0.15, -0.1) is 11.8 Å². The number of amides is 1. The van der Waals surface area contributed by atoms with Crippen molar-refractivity contribution in [3.8, 4) is 0 Å². The zero-order valence-electron chi connectivity index (χ0n) is 14.0. The van der Waals surface area contributed by atoms with E-state index >= 15 is 0 Å². The molecule has 0 aliphatic carbocycles. The topological polar surface area (TPSA) is 59.2 Å². The van der Waals surface area contributed by atoms with Crippen LogP contribution in [0.5, 0.6) is 0 Å². The minimum atomic E-state index is 0.0315. The summed E-state index contributed by atoms with van der Waals surface area (Å²) in [7, 11) is 0. The number of fused-ring (bicyclic) bond motifs is 1. The number of hydrogen-bond donors (Lipinski definition) is 0. The molecular weight excluding hydrogens is 322 g/mol. The van der Waals surface area contributed by atoms with Crippen LogP contribution in [0.15, 0.2) is 27.6 Å². The van der Waals surface area contributed by atoms with Crippen molar-refractivity contribution in [2.45, 2.75) is 49.2 Å². The predicted octanol–water partition coefficient (Wildman–Crippen LogP) is 3.11. The second kappa shape index (κ2) is 6.24. The van der Waals surface area contributed by atoms with Gasteiger partial charge in [-0.25, -0.2) is 0 Å². The van der Waals surface area contributed by atoms with Crippen molar-refractivity contribution in [1.29, 1.82) is 0 Å². The lowest BCUT2D eigenvalue weighted by atomic mass is 9.96. The van der Waals surface area contributed by atoms with Crippen LogP contribution in [-0.2, 0) is 11.2 Å². The molecule has 0 bridgehead atoms. The molecule has 0 saturated carbocycles. The van der Waals surface area contributed by atoms with Gasteiger partial charge in [0.15, 0.2) is 5.82 Å². The number of nitrogens with zero attached hydrogens (tertiary/aromatic N) is 3. The summed E-state index contributed by atoms with van der Waals surface area (Å²) < 4.78 is 5.28. The molecule has 6 heteroatoms. The zero-order chi connectivity index (χ0) is 16.7. The van der Waals surface area contributed by atoms with Crippen molar-refractivity contribution in [2.75, 3.05) is 13.1 Å². The first kappa shape index (κ1) is 15.7. The number of piperidine rings is 1. The lowest BCUT2D eigenvalue weighted by Gasteiger charge is -2.32. The number of benzene rings is 1. The highest BCUT2D eigenvalue weighted by molar-refractivity contribution is 8.01. The van der Waals surface area contributed by atoms with E-state index in [2.05, 4.69) is 35.3 Å². The molecule has 0 N–H and O–H groups in total. The van der Waals surface area contributed by atoms with Crippen molar-refractivity contribution in [3.63, 3.8) is 0 Å². The summed E-state index contributed by atoms with van der Waals surface area (Å²) in [6, 6.07) is 6.48. The predicted molar refractivity (Wildman–Crippen MR) is 92.1 cm³/mol. The SMILES string of the molecule is Cc1ccc2c(c1)S[C@H](C(=O)N1CCC(c3nc(C)no3)CC1)C2. The second-order valence-electron chi connectivity index (χ2n) is 6.70. The maximum atomic E-state index is 12.9. The van der Waals surface area contributed by atoms with E-state index in [0.29, 0.717) is 5.82 Å². The molecule has 24 heavy (non-hydrogen) atoms. The first-order valence-electron chi connectivity index (χ1n) is 8.45. The number of carbonyl (C=O) groups excluding carboxylic acids is 1. The van der Waals surface area contributed by atoms with Crippen LogP contribution < -0.4 is 0 Å². The summed E-state index contributed by atoms with van der Waals surface area (Å²) in [6.07, 6.45) is 2.65. The highest BCUT2D eigenvalue weighted by atomic mass is 32.2. The first-order valence-corrected chi connectivity index (χ1v) is 9.33. The van der Waals surface area contributed by atoms with Gasteiger partial charge in [0.1, 0.15) is 0 Å². The first-order chi connectivity index (χ1) is 11.6. The molecule has 1 aromatic carbocycles. The maximum absolute atomic E-state index is 12.9. The van der Waals surface area contributed by atoms with Crippen molar-refractivity contribution in [3.05, 3.63) is 41.0 Å². The summed E-state index contributed by atoms with van der Waals surface area (Å²) in [5.41, 5.74) is 2.56. The van der Waals surface area contributed by atoms with E-state index in [0.717, 1.165) is 38.2 Å². The molecule has 1 fully saturated rings. The zero-order valence-corrected chi connectivity index (χ0v) is 14.8. The molecule has 4 rings (SSSR count). The molecule has 5 nitrogen and oxygen atoms in total. The van der Waals surface area contributed by atoms with Crippen LogP contribution >= 0.6 is 11.8 Å². The molecule has 1 aromatic heterocycles. The van der Waals surface area contributed by atoms with E-state index in [-0.39, 0.29) is 17.1 Å². The van der Waals surface area contributed by atoms with Gasteiger partial charge in [0.2, 0.25) is 11.8 Å². The fourth-order valence-electron chi connectivity index (χ4n) is 3.50. The van der Waals surface area contributed by atoms with Crippen LogP contribution in [0.25, 0.3) is 0 Å². The third-order valence-electron chi connectivity index (χ3n) is 4.87. The Kier molecular flexibility index (Phi) is 4.08. The molecule has 1 saturated heterocycles. The monoisotopic (exact) mass is 343 g/mol. The largest absolute Gasteiger partial charge is 0.342 e. The van der Waals surface area contributed by atoms with Gasteiger partial charge in [0.25, 0.3) is 0 Å². The van der Waals surface area contributed by atoms with E-state index in [1.54, 1.807) is 11.8 Å². The third kappa shape index (κ3) is 2.95. The van der Waals surface area contributed by atoms with E-state index in [4.69, 9.17) is 4.52 Å². The van der Waals surface area contributed by atoms with Gasteiger partial charge >= 0.3 is 0 Å². The molecule has 1 amide bonds. The van der Waals surface area contributed by atoms with E-state index in [1.807, 2.05) is 11.8 Å². The van der Waals surface area contributed by atoms with Crippen LogP contribution in [-0.4, -0.2) is 39.3 Å². The Hall–Kier alpha value is -1.82.